The maximum atomic E-state index is 10.3. The van der Waals surface area contributed by atoms with Gasteiger partial charge >= 0.3 is 0 Å². The van der Waals surface area contributed by atoms with Crippen LogP contribution in [0.1, 0.15) is 0 Å². The van der Waals surface area contributed by atoms with Gasteiger partial charge in [-0.2, -0.15) is 0 Å². The van der Waals surface area contributed by atoms with Crippen LogP contribution in [0.25, 0.3) is 0 Å². The van der Waals surface area contributed by atoms with Crippen LogP contribution in [0.5, 0.6) is 11.5 Å². The number of β-amino-alcohol motifs (C(OH)–C–C–N with tert-alkyl or cyclic N) is 1. The zero-order valence-electron chi connectivity index (χ0n) is 15.8. The molecule has 3 rings (SSSR count). The van der Waals surface area contributed by atoms with Crippen molar-refractivity contribution < 1.29 is 14.6 Å². The lowest BCUT2D eigenvalue weighted by molar-refractivity contribution is 0.0662. The van der Waals surface area contributed by atoms with Gasteiger partial charge in [-0.3, -0.25) is 4.90 Å². The highest BCUT2D eigenvalue weighted by atomic mass is 35.5. The van der Waals surface area contributed by atoms with Crippen molar-refractivity contribution in [1.82, 2.24) is 4.90 Å². The number of hydrogen-bond donors (Lipinski definition) is 1. The Hall–Kier alpha value is -1.37. The molecule has 0 bridgehead atoms. The number of ether oxygens (including phenoxy) is 2. The minimum Gasteiger partial charge on any atom is -0.497 e. The molecular weight excluding hydrogens is 423 g/mol. The van der Waals surface area contributed by atoms with Gasteiger partial charge in [-0.05, 0) is 30.3 Å². The van der Waals surface area contributed by atoms with Crippen molar-refractivity contribution in [3.05, 3.63) is 53.6 Å². The third-order valence-electron chi connectivity index (χ3n) is 4.50. The first-order chi connectivity index (χ1) is 12.6. The Balaban J connectivity index is 0.00000196. The predicted octanol–water partition coefficient (Wildman–Crippen LogP) is 3.75. The number of hydrogen-bond acceptors (Lipinski definition) is 5. The van der Waals surface area contributed by atoms with Crippen molar-refractivity contribution in [3.8, 4) is 11.5 Å². The lowest BCUT2D eigenvalue weighted by Gasteiger charge is -2.36. The maximum absolute atomic E-state index is 10.3. The average molecular weight is 450 g/mol. The Kier molecular flexibility index (Phi) is 10.8. The Labute approximate surface area is 184 Å². The number of rotatable bonds is 7. The SMILES string of the molecule is COc1cccc(OCC(O)CN2CCN(c3cccc(Cl)c3)CC2)c1.Cl.Cl. The van der Waals surface area contributed by atoms with Crippen molar-refractivity contribution in [2.75, 3.05) is 51.3 Å². The van der Waals surface area contributed by atoms with Crippen LogP contribution in [0, 0.1) is 0 Å². The van der Waals surface area contributed by atoms with Crippen molar-refractivity contribution in [2.45, 2.75) is 6.10 Å². The number of benzene rings is 2. The number of aliphatic hydroxyl groups excluding tert-OH is 1. The van der Waals surface area contributed by atoms with E-state index in [1.165, 1.54) is 0 Å². The fraction of sp³-hybridized carbons (Fsp3) is 0.400. The first-order valence-corrected chi connectivity index (χ1v) is 9.19. The third kappa shape index (κ3) is 7.22. The Morgan fingerprint density at radius 1 is 1.00 bits per heavy atom. The Morgan fingerprint density at radius 3 is 2.36 bits per heavy atom. The standard InChI is InChI=1S/C20H25ClN2O3.2ClH/c1-25-19-6-3-7-20(13-19)26-15-18(24)14-22-8-10-23(11-9-22)17-5-2-4-16(21)12-17;;/h2-7,12-13,18,24H,8-11,14-15H2,1H3;2*1H. The second kappa shape index (κ2) is 12.2. The summed E-state index contributed by atoms with van der Waals surface area (Å²) in [7, 11) is 1.62. The predicted molar refractivity (Wildman–Crippen MR) is 119 cm³/mol. The van der Waals surface area contributed by atoms with Crippen LogP contribution in [-0.4, -0.2) is 62.6 Å². The smallest absolute Gasteiger partial charge is 0.123 e. The van der Waals surface area contributed by atoms with E-state index < -0.39 is 6.10 Å². The molecule has 0 radical (unpaired) electrons. The van der Waals surface area contributed by atoms with Gasteiger partial charge in [-0.25, -0.2) is 0 Å². The number of aliphatic hydroxyl groups is 1. The molecule has 0 saturated carbocycles. The van der Waals surface area contributed by atoms with Gasteiger partial charge in [0.25, 0.3) is 0 Å². The Morgan fingerprint density at radius 2 is 1.68 bits per heavy atom. The van der Waals surface area contributed by atoms with E-state index in [0.29, 0.717) is 12.3 Å². The number of methoxy groups -OCH3 is 1. The molecule has 1 aliphatic heterocycles. The van der Waals surface area contributed by atoms with Crippen molar-refractivity contribution >= 4 is 42.1 Å². The molecule has 8 heteroatoms. The van der Waals surface area contributed by atoms with Gasteiger partial charge in [0.05, 0.1) is 7.11 Å². The molecule has 1 saturated heterocycles. The molecule has 1 fully saturated rings. The van der Waals surface area contributed by atoms with Gasteiger partial charge in [0, 0.05) is 49.5 Å². The van der Waals surface area contributed by atoms with E-state index in [1.807, 2.05) is 42.5 Å². The van der Waals surface area contributed by atoms with Crippen molar-refractivity contribution in [3.63, 3.8) is 0 Å². The van der Waals surface area contributed by atoms with E-state index in [4.69, 9.17) is 21.1 Å². The number of halogens is 3. The van der Waals surface area contributed by atoms with Gasteiger partial charge < -0.3 is 19.5 Å². The van der Waals surface area contributed by atoms with Crippen molar-refractivity contribution in [2.24, 2.45) is 0 Å². The monoisotopic (exact) mass is 448 g/mol. The van der Waals surface area contributed by atoms with E-state index >= 15 is 0 Å². The summed E-state index contributed by atoms with van der Waals surface area (Å²) in [5, 5.41) is 11.0. The molecule has 1 atom stereocenters. The largest absolute Gasteiger partial charge is 0.497 e. The van der Waals surface area contributed by atoms with Crippen LogP contribution in [0.15, 0.2) is 48.5 Å². The molecule has 0 aromatic heterocycles. The van der Waals surface area contributed by atoms with Crippen LogP contribution in [0.4, 0.5) is 5.69 Å². The zero-order chi connectivity index (χ0) is 18.4. The topological polar surface area (TPSA) is 45.2 Å². The van der Waals surface area contributed by atoms with E-state index in [-0.39, 0.29) is 31.4 Å². The first kappa shape index (κ1) is 24.7. The molecule has 28 heavy (non-hydrogen) atoms. The van der Waals surface area contributed by atoms with Gasteiger partial charge in [0.1, 0.15) is 24.2 Å². The molecule has 1 heterocycles. The fourth-order valence-electron chi connectivity index (χ4n) is 3.10. The summed E-state index contributed by atoms with van der Waals surface area (Å²) in [6, 6.07) is 15.4. The summed E-state index contributed by atoms with van der Waals surface area (Å²) in [6.07, 6.45) is -0.529. The molecule has 156 valence electrons. The minimum atomic E-state index is -0.529. The number of nitrogens with zero attached hydrogens (tertiary/aromatic N) is 2. The summed E-state index contributed by atoms with van der Waals surface area (Å²) in [5.74, 6) is 1.45. The molecule has 0 aliphatic carbocycles. The van der Waals surface area contributed by atoms with E-state index in [2.05, 4.69) is 15.9 Å². The number of piperazine rings is 1. The summed E-state index contributed by atoms with van der Waals surface area (Å²) in [5.41, 5.74) is 1.15. The summed E-state index contributed by atoms with van der Waals surface area (Å²) in [6.45, 7) is 4.52. The van der Waals surface area contributed by atoms with E-state index in [1.54, 1.807) is 7.11 Å². The minimum absolute atomic E-state index is 0. The van der Waals surface area contributed by atoms with E-state index in [0.717, 1.165) is 42.6 Å². The van der Waals surface area contributed by atoms with Gasteiger partial charge in [0.15, 0.2) is 0 Å². The molecule has 2 aromatic carbocycles. The van der Waals surface area contributed by atoms with Crippen LogP contribution in [-0.2, 0) is 0 Å². The molecule has 5 nitrogen and oxygen atoms in total. The average Bonchev–Trinajstić information content (AvgIpc) is 2.67. The van der Waals surface area contributed by atoms with Gasteiger partial charge in [0.2, 0.25) is 0 Å². The lowest BCUT2D eigenvalue weighted by Crippen LogP contribution is -2.49. The highest BCUT2D eigenvalue weighted by Gasteiger charge is 2.20. The van der Waals surface area contributed by atoms with Crippen LogP contribution < -0.4 is 14.4 Å². The highest BCUT2D eigenvalue weighted by molar-refractivity contribution is 6.30. The second-order valence-electron chi connectivity index (χ2n) is 6.41. The van der Waals surface area contributed by atoms with Gasteiger partial charge in [-0.1, -0.05) is 23.7 Å². The first-order valence-electron chi connectivity index (χ1n) is 8.82. The van der Waals surface area contributed by atoms with Crippen LogP contribution in [0.2, 0.25) is 5.02 Å². The molecule has 1 unspecified atom stereocenters. The lowest BCUT2D eigenvalue weighted by atomic mass is 10.2. The van der Waals surface area contributed by atoms with E-state index in [9.17, 15) is 5.11 Å². The maximum Gasteiger partial charge on any atom is 0.123 e. The number of anilines is 1. The molecular formula is C20H27Cl3N2O3. The molecule has 1 aliphatic rings. The van der Waals surface area contributed by atoms with Crippen LogP contribution in [0.3, 0.4) is 0 Å². The second-order valence-corrected chi connectivity index (χ2v) is 6.85. The normalized spacial score (nSPS) is 15.2. The summed E-state index contributed by atoms with van der Waals surface area (Å²) >= 11 is 6.07. The van der Waals surface area contributed by atoms with Gasteiger partial charge in [-0.15, -0.1) is 24.8 Å². The highest BCUT2D eigenvalue weighted by Crippen LogP contribution is 2.21. The summed E-state index contributed by atoms with van der Waals surface area (Å²) in [4.78, 5) is 4.59. The van der Waals surface area contributed by atoms with Crippen LogP contribution >= 0.6 is 36.4 Å². The molecule has 1 N–H and O–H groups in total. The molecule has 2 aromatic rings. The molecule has 0 amide bonds. The Bertz CT molecular complexity index is 713. The zero-order valence-corrected chi connectivity index (χ0v) is 18.2. The summed E-state index contributed by atoms with van der Waals surface area (Å²) < 4.78 is 10.8. The van der Waals surface area contributed by atoms with Crippen molar-refractivity contribution in [1.29, 1.82) is 0 Å². The molecule has 0 spiro atoms. The fourth-order valence-corrected chi connectivity index (χ4v) is 3.28. The quantitative estimate of drug-likeness (QED) is 0.697. The third-order valence-corrected chi connectivity index (χ3v) is 4.73.